The second kappa shape index (κ2) is 3.30. The maximum atomic E-state index is 4.52. The van der Waals surface area contributed by atoms with E-state index in [0.717, 1.165) is 15.8 Å². The van der Waals surface area contributed by atoms with Crippen molar-refractivity contribution in [2.45, 2.75) is 32.2 Å². The molecule has 0 radical (unpaired) electrons. The molecule has 2 aromatic rings. The van der Waals surface area contributed by atoms with Gasteiger partial charge in [-0.05, 0) is 48.2 Å². The summed E-state index contributed by atoms with van der Waals surface area (Å²) in [5.74, 6) is 0. The van der Waals surface area contributed by atoms with Crippen LogP contribution in [-0.4, -0.2) is 14.5 Å². The lowest BCUT2D eigenvalue weighted by atomic mass is 9.93. The molecule has 0 bridgehead atoms. The van der Waals surface area contributed by atoms with Crippen LogP contribution in [0, 0.1) is 6.92 Å². The number of aromatic nitrogens is 3. The first-order valence-corrected chi connectivity index (χ1v) is 6.05. The highest BCUT2D eigenvalue weighted by Gasteiger charge is 2.23. The molecular formula is C11H12BrN3. The second-order valence-electron chi connectivity index (χ2n) is 4.14. The van der Waals surface area contributed by atoms with Gasteiger partial charge in [0.1, 0.15) is 10.1 Å². The molecule has 0 N–H and O–H groups in total. The van der Waals surface area contributed by atoms with Crippen molar-refractivity contribution in [3.63, 3.8) is 0 Å². The average molecular weight is 266 g/mol. The molecule has 78 valence electrons. The molecule has 1 saturated carbocycles. The highest BCUT2D eigenvalue weighted by molar-refractivity contribution is 9.10. The zero-order valence-electron chi connectivity index (χ0n) is 8.57. The van der Waals surface area contributed by atoms with Gasteiger partial charge < -0.3 is 4.57 Å². The van der Waals surface area contributed by atoms with E-state index in [2.05, 4.69) is 43.5 Å². The predicted molar refractivity (Wildman–Crippen MR) is 62.9 cm³/mol. The largest absolute Gasteiger partial charge is 0.325 e. The summed E-state index contributed by atoms with van der Waals surface area (Å²) in [6.45, 7) is 2.13. The van der Waals surface area contributed by atoms with Crippen LogP contribution in [0.5, 0.6) is 0 Å². The molecule has 0 saturated heterocycles. The van der Waals surface area contributed by atoms with Crippen LogP contribution in [0.15, 0.2) is 16.9 Å². The van der Waals surface area contributed by atoms with Crippen molar-refractivity contribution in [3.05, 3.63) is 22.6 Å². The molecule has 4 heteroatoms. The van der Waals surface area contributed by atoms with Gasteiger partial charge >= 0.3 is 0 Å². The van der Waals surface area contributed by atoms with Crippen molar-refractivity contribution < 1.29 is 0 Å². The van der Waals surface area contributed by atoms with E-state index < -0.39 is 0 Å². The van der Waals surface area contributed by atoms with Crippen LogP contribution < -0.4 is 0 Å². The summed E-state index contributed by atoms with van der Waals surface area (Å²) in [5.41, 5.74) is 3.29. The summed E-state index contributed by atoms with van der Waals surface area (Å²) >= 11 is 3.38. The Kier molecular flexibility index (Phi) is 2.06. The number of fused-ring (bicyclic) bond motifs is 1. The molecule has 3 nitrogen and oxygen atoms in total. The zero-order valence-corrected chi connectivity index (χ0v) is 10.2. The van der Waals surface area contributed by atoms with E-state index in [4.69, 9.17) is 0 Å². The zero-order chi connectivity index (χ0) is 10.4. The minimum absolute atomic E-state index is 0.645. The van der Waals surface area contributed by atoms with Crippen LogP contribution in [-0.2, 0) is 0 Å². The molecule has 1 aliphatic carbocycles. The normalized spacial score (nSPS) is 16.9. The molecule has 2 aromatic heterocycles. The highest BCUT2D eigenvalue weighted by atomic mass is 79.9. The van der Waals surface area contributed by atoms with Crippen LogP contribution in [0.4, 0.5) is 0 Å². The van der Waals surface area contributed by atoms with Crippen LogP contribution in [0.25, 0.3) is 11.2 Å². The topological polar surface area (TPSA) is 30.7 Å². The molecule has 1 fully saturated rings. The lowest BCUT2D eigenvalue weighted by Crippen LogP contribution is -2.18. The van der Waals surface area contributed by atoms with Gasteiger partial charge in [0.05, 0.1) is 6.20 Å². The summed E-state index contributed by atoms with van der Waals surface area (Å²) in [6.07, 6.45) is 5.65. The van der Waals surface area contributed by atoms with Gasteiger partial charge in [0.15, 0.2) is 5.65 Å². The van der Waals surface area contributed by atoms with Gasteiger partial charge in [-0.25, -0.2) is 4.98 Å². The number of aryl methyl sites for hydroxylation is 1. The minimum Gasteiger partial charge on any atom is -0.325 e. The Balaban J connectivity index is 2.25. The van der Waals surface area contributed by atoms with E-state index in [-0.39, 0.29) is 0 Å². The van der Waals surface area contributed by atoms with E-state index in [9.17, 15) is 0 Å². The van der Waals surface area contributed by atoms with E-state index in [1.807, 2.05) is 0 Å². The molecule has 0 aromatic carbocycles. The molecule has 0 amide bonds. The van der Waals surface area contributed by atoms with E-state index in [0.29, 0.717) is 6.04 Å². The Bertz CT molecular complexity index is 514. The van der Waals surface area contributed by atoms with E-state index in [1.54, 1.807) is 6.20 Å². The number of hydrogen-bond donors (Lipinski definition) is 0. The molecule has 0 unspecified atom stereocenters. The fraction of sp³-hybridized carbons (Fsp3) is 0.455. The fourth-order valence-electron chi connectivity index (χ4n) is 2.19. The van der Waals surface area contributed by atoms with Crippen LogP contribution in [0.2, 0.25) is 0 Å². The SMILES string of the molecule is Cc1cc2ncc(Br)nc2n1C1CCC1. The van der Waals surface area contributed by atoms with Crippen molar-refractivity contribution >= 4 is 27.1 Å². The van der Waals surface area contributed by atoms with Gasteiger partial charge in [-0.15, -0.1) is 0 Å². The molecule has 2 heterocycles. The van der Waals surface area contributed by atoms with E-state index >= 15 is 0 Å². The molecule has 0 atom stereocenters. The Morgan fingerprint density at radius 2 is 2.27 bits per heavy atom. The van der Waals surface area contributed by atoms with Gasteiger partial charge in [0.25, 0.3) is 0 Å². The lowest BCUT2D eigenvalue weighted by Gasteiger charge is -2.28. The van der Waals surface area contributed by atoms with Crippen molar-refractivity contribution in [2.24, 2.45) is 0 Å². The second-order valence-corrected chi connectivity index (χ2v) is 4.95. The van der Waals surface area contributed by atoms with Crippen LogP contribution in [0.3, 0.4) is 0 Å². The van der Waals surface area contributed by atoms with Crippen molar-refractivity contribution in [2.75, 3.05) is 0 Å². The van der Waals surface area contributed by atoms with Gasteiger partial charge in [0, 0.05) is 11.7 Å². The third kappa shape index (κ3) is 1.39. The van der Waals surface area contributed by atoms with Crippen LogP contribution >= 0.6 is 15.9 Å². The summed E-state index contributed by atoms with van der Waals surface area (Å²) in [4.78, 5) is 8.89. The average Bonchev–Trinajstić information content (AvgIpc) is 2.42. The molecule has 1 aliphatic rings. The predicted octanol–water partition coefficient (Wildman–Crippen LogP) is 3.23. The van der Waals surface area contributed by atoms with Gasteiger partial charge in [0.2, 0.25) is 0 Å². The van der Waals surface area contributed by atoms with Crippen molar-refractivity contribution in [1.29, 1.82) is 0 Å². The fourth-order valence-corrected chi connectivity index (χ4v) is 2.46. The summed E-state index contributed by atoms with van der Waals surface area (Å²) in [7, 11) is 0. The van der Waals surface area contributed by atoms with Crippen molar-refractivity contribution in [1.82, 2.24) is 14.5 Å². The molecule has 0 spiro atoms. The van der Waals surface area contributed by atoms with E-state index in [1.165, 1.54) is 25.0 Å². The van der Waals surface area contributed by atoms with Gasteiger partial charge in [-0.3, -0.25) is 4.98 Å². The van der Waals surface area contributed by atoms with Crippen molar-refractivity contribution in [3.8, 4) is 0 Å². The Labute approximate surface area is 96.7 Å². The Morgan fingerprint density at radius 3 is 2.93 bits per heavy atom. The summed E-state index contributed by atoms with van der Waals surface area (Å²) in [5, 5.41) is 0. The third-order valence-corrected chi connectivity index (χ3v) is 3.53. The third-order valence-electron chi connectivity index (χ3n) is 3.15. The summed E-state index contributed by atoms with van der Waals surface area (Å²) in [6, 6.07) is 2.76. The quantitative estimate of drug-likeness (QED) is 0.793. The number of nitrogens with zero attached hydrogens (tertiary/aromatic N) is 3. The first-order chi connectivity index (χ1) is 7.25. The molecule has 0 aliphatic heterocycles. The van der Waals surface area contributed by atoms with Crippen LogP contribution in [0.1, 0.15) is 31.0 Å². The minimum atomic E-state index is 0.645. The molecule has 15 heavy (non-hydrogen) atoms. The Hall–Kier alpha value is -0.900. The number of hydrogen-bond acceptors (Lipinski definition) is 2. The van der Waals surface area contributed by atoms with Gasteiger partial charge in [-0.1, -0.05) is 0 Å². The first kappa shape index (κ1) is 9.33. The standard InChI is InChI=1S/C11H12BrN3/c1-7-5-9-11(14-10(12)6-13-9)15(7)8-3-2-4-8/h5-6,8H,2-4H2,1H3. The molecular weight excluding hydrogens is 254 g/mol. The molecule has 3 rings (SSSR count). The number of halogens is 1. The first-order valence-electron chi connectivity index (χ1n) is 5.26. The maximum absolute atomic E-state index is 4.52. The summed E-state index contributed by atoms with van der Waals surface area (Å²) < 4.78 is 3.14. The number of rotatable bonds is 1. The Morgan fingerprint density at radius 1 is 1.47 bits per heavy atom. The maximum Gasteiger partial charge on any atom is 0.160 e. The van der Waals surface area contributed by atoms with Gasteiger partial charge in [-0.2, -0.15) is 0 Å². The monoisotopic (exact) mass is 265 g/mol. The highest BCUT2D eigenvalue weighted by Crippen LogP contribution is 2.35. The smallest absolute Gasteiger partial charge is 0.160 e. The lowest BCUT2D eigenvalue weighted by molar-refractivity contribution is 0.316.